The molecule has 0 aliphatic heterocycles. The maximum atomic E-state index is 12.8. The Bertz CT molecular complexity index is 1790. The number of hydrogen-bond donors (Lipinski definition) is 4. The molecular formula is C35H35Cl4N7O7. The van der Waals surface area contributed by atoms with Gasteiger partial charge < -0.3 is 35.6 Å². The van der Waals surface area contributed by atoms with Gasteiger partial charge in [0.1, 0.15) is 23.3 Å². The van der Waals surface area contributed by atoms with Gasteiger partial charge in [0.25, 0.3) is 11.8 Å². The Morgan fingerprint density at radius 2 is 1.26 bits per heavy atom. The molecule has 0 saturated heterocycles. The summed E-state index contributed by atoms with van der Waals surface area (Å²) in [5.41, 5.74) is 2.34. The van der Waals surface area contributed by atoms with Crippen molar-refractivity contribution in [1.82, 2.24) is 25.7 Å². The molecule has 0 bridgehead atoms. The Balaban J connectivity index is 1.17. The van der Waals surface area contributed by atoms with Crippen LogP contribution in [-0.4, -0.2) is 64.6 Å². The normalized spacial score (nSPS) is 11.2. The molecular weight excluding hydrogens is 772 g/mol. The van der Waals surface area contributed by atoms with Crippen molar-refractivity contribution in [2.75, 3.05) is 30.4 Å². The van der Waals surface area contributed by atoms with Crippen molar-refractivity contribution >= 4 is 81.5 Å². The van der Waals surface area contributed by atoms with Crippen LogP contribution in [0.2, 0.25) is 20.1 Å². The highest BCUT2D eigenvalue weighted by atomic mass is 35.5. The van der Waals surface area contributed by atoms with Gasteiger partial charge in [-0.2, -0.15) is 5.06 Å². The van der Waals surface area contributed by atoms with E-state index in [4.69, 9.17) is 60.7 Å². The topological polar surface area (TPSA) is 173 Å². The summed E-state index contributed by atoms with van der Waals surface area (Å²) in [5.74, 6) is -1.22. The molecule has 0 spiro atoms. The standard InChI is InChI=1S/C35H35Cl4N7O7/c1-3-29(52-33-27(38)13-23(36)17-41-33)32(49)40-15-21-7-5-9-25(11-21)44-30(47)19-51-20-31(48)45-26-10-6-8-22(12-26)16-43-35(50)46(4-2)53-34-28(39)14-24(37)18-42-34/h5-14,17-18,29H,3-4,15-16,19-20H2,1-2H3,(H,40,49)(H,43,50)(H,44,47)(H,45,48)/t29-/m1/s1. The number of rotatable bonds is 17. The molecule has 0 unspecified atom stereocenters. The fourth-order valence-corrected chi connectivity index (χ4v) is 5.33. The Labute approximate surface area is 325 Å². The zero-order valence-corrected chi connectivity index (χ0v) is 31.5. The number of aromatic nitrogens is 2. The minimum Gasteiger partial charge on any atom is -0.463 e. The lowest BCUT2D eigenvalue weighted by Gasteiger charge is -2.21. The van der Waals surface area contributed by atoms with Crippen LogP contribution in [0.3, 0.4) is 0 Å². The number of halogens is 4. The van der Waals surface area contributed by atoms with E-state index < -0.39 is 23.9 Å². The van der Waals surface area contributed by atoms with E-state index >= 15 is 0 Å². The van der Waals surface area contributed by atoms with Gasteiger partial charge in [-0.25, -0.2) is 14.8 Å². The van der Waals surface area contributed by atoms with Gasteiger partial charge in [-0.05, 0) is 60.9 Å². The smallest absolute Gasteiger partial charge is 0.350 e. The second-order valence-corrected chi connectivity index (χ2v) is 12.7. The van der Waals surface area contributed by atoms with Crippen LogP contribution < -0.4 is 30.8 Å². The number of pyridine rings is 2. The predicted octanol–water partition coefficient (Wildman–Crippen LogP) is 6.68. The summed E-state index contributed by atoms with van der Waals surface area (Å²) in [4.78, 5) is 64.0. The number of urea groups is 1. The lowest BCUT2D eigenvalue weighted by Crippen LogP contribution is -2.41. The van der Waals surface area contributed by atoms with Gasteiger partial charge in [0.05, 0.1) is 16.6 Å². The molecule has 4 rings (SSSR count). The summed E-state index contributed by atoms with van der Waals surface area (Å²) >= 11 is 23.9. The number of benzene rings is 2. The van der Waals surface area contributed by atoms with E-state index in [2.05, 4.69) is 31.2 Å². The molecule has 14 nitrogen and oxygen atoms in total. The highest BCUT2D eigenvalue weighted by Gasteiger charge is 2.21. The number of carbonyl (C=O) groups is 4. The number of nitrogens with zero attached hydrogens (tertiary/aromatic N) is 3. The fraction of sp³-hybridized carbons (Fsp3) is 0.257. The molecule has 280 valence electrons. The molecule has 0 saturated carbocycles. The van der Waals surface area contributed by atoms with Gasteiger partial charge in [-0.15, -0.1) is 0 Å². The first-order chi connectivity index (χ1) is 25.4. The third-order valence-electron chi connectivity index (χ3n) is 6.97. The fourth-order valence-electron chi connectivity index (χ4n) is 4.49. The van der Waals surface area contributed by atoms with Crippen LogP contribution in [0.1, 0.15) is 31.4 Å². The summed E-state index contributed by atoms with van der Waals surface area (Å²) in [5, 5.41) is 13.0. The average molecular weight is 808 g/mol. The van der Waals surface area contributed by atoms with Crippen LogP contribution in [0, 0.1) is 0 Å². The van der Waals surface area contributed by atoms with Crippen LogP contribution in [0.5, 0.6) is 11.8 Å². The quantitative estimate of drug-likeness (QED) is 0.0849. The molecule has 5 amide bonds. The van der Waals surface area contributed by atoms with E-state index in [1.54, 1.807) is 62.4 Å². The summed E-state index contributed by atoms with van der Waals surface area (Å²) in [6, 6.07) is 16.1. The highest BCUT2D eigenvalue weighted by molar-refractivity contribution is 6.35. The number of hydroxylamine groups is 2. The van der Waals surface area contributed by atoms with Crippen molar-refractivity contribution in [3.05, 3.63) is 104 Å². The third kappa shape index (κ3) is 13.3. The van der Waals surface area contributed by atoms with Crippen LogP contribution >= 0.6 is 46.4 Å². The van der Waals surface area contributed by atoms with E-state index in [1.807, 2.05) is 0 Å². The molecule has 4 aromatic rings. The van der Waals surface area contributed by atoms with Gasteiger partial charge in [0.2, 0.25) is 17.7 Å². The second kappa shape index (κ2) is 20.4. The lowest BCUT2D eigenvalue weighted by molar-refractivity contribution is -0.128. The van der Waals surface area contributed by atoms with Crippen LogP contribution in [0.25, 0.3) is 0 Å². The lowest BCUT2D eigenvalue weighted by atomic mass is 10.2. The zero-order valence-electron chi connectivity index (χ0n) is 28.5. The molecule has 0 aliphatic carbocycles. The molecule has 0 radical (unpaired) electrons. The molecule has 2 aromatic carbocycles. The summed E-state index contributed by atoms with van der Waals surface area (Å²) in [6.07, 6.45) is 2.25. The second-order valence-electron chi connectivity index (χ2n) is 11.0. The first-order valence-corrected chi connectivity index (χ1v) is 17.6. The van der Waals surface area contributed by atoms with E-state index in [-0.39, 0.29) is 60.6 Å². The number of anilines is 2. The largest absolute Gasteiger partial charge is 0.463 e. The number of amides is 5. The Morgan fingerprint density at radius 3 is 1.77 bits per heavy atom. The van der Waals surface area contributed by atoms with Crippen LogP contribution in [0.15, 0.2) is 73.1 Å². The third-order valence-corrected chi connectivity index (χ3v) is 7.93. The molecule has 18 heteroatoms. The SMILES string of the molecule is CC[C@@H](Oc1ncc(Cl)cc1Cl)C(=O)NCc1cccc(NC(=O)COCC(=O)Nc2cccc(CNC(=O)N(CC)Oc3ncc(Cl)cc3Cl)c2)c1. The summed E-state index contributed by atoms with van der Waals surface area (Å²) < 4.78 is 11.0. The number of hydrogen-bond acceptors (Lipinski definition) is 9. The summed E-state index contributed by atoms with van der Waals surface area (Å²) in [6.45, 7) is 3.22. The molecule has 4 N–H and O–H groups in total. The van der Waals surface area contributed by atoms with Gasteiger partial charge in [-0.1, -0.05) is 77.6 Å². The van der Waals surface area contributed by atoms with E-state index in [0.29, 0.717) is 39.0 Å². The van der Waals surface area contributed by atoms with Gasteiger partial charge in [0, 0.05) is 36.9 Å². The number of carbonyl (C=O) groups excluding carboxylic acids is 4. The van der Waals surface area contributed by atoms with E-state index in [0.717, 1.165) is 5.06 Å². The van der Waals surface area contributed by atoms with Crippen molar-refractivity contribution in [3.63, 3.8) is 0 Å². The molecule has 0 fully saturated rings. The molecule has 1 atom stereocenters. The molecule has 0 aliphatic rings. The zero-order chi connectivity index (χ0) is 38.3. The first-order valence-electron chi connectivity index (χ1n) is 16.1. The predicted molar refractivity (Wildman–Crippen MR) is 201 cm³/mol. The van der Waals surface area contributed by atoms with Gasteiger partial charge >= 0.3 is 6.03 Å². The summed E-state index contributed by atoms with van der Waals surface area (Å²) in [7, 11) is 0. The van der Waals surface area contributed by atoms with Crippen molar-refractivity contribution in [2.24, 2.45) is 0 Å². The van der Waals surface area contributed by atoms with Crippen LogP contribution in [-0.2, 0) is 32.2 Å². The molecule has 2 aromatic heterocycles. The van der Waals surface area contributed by atoms with Gasteiger partial charge in [0.15, 0.2) is 6.10 Å². The average Bonchev–Trinajstić information content (AvgIpc) is 3.12. The van der Waals surface area contributed by atoms with E-state index in [1.165, 1.54) is 24.5 Å². The van der Waals surface area contributed by atoms with Crippen molar-refractivity contribution < 1.29 is 33.5 Å². The number of nitrogens with one attached hydrogen (secondary N) is 4. The van der Waals surface area contributed by atoms with E-state index in [9.17, 15) is 19.2 Å². The molecule has 2 heterocycles. The Kier molecular flexibility index (Phi) is 15.7. The van der Waals surface area contributed by atoms with Crippen LogP contribution in [0.4, 0.5) is 16.2 Å². The van der Waals surface area contributed by atoms with Crippen molar-refractivity contribution in [1.29, 1.82) is 0 Å². The Hall–Kier alpha value is -4.86. The maximum Gasteiger partial charge on any atom is 0.350 e. The first kappa shape index (κ1) is 40.9. The minimum absolute atomic E-state index is 0.0261. The number of ether oxygens (including phenoxy) is 2. The van der Waals surface area contributed by atoms with Gasteiger partial charge in [-0.3, -0.25) is 14.4 Å². The minimum atomic E-state index is -0.839. The highest BCUT2D eigenvalue weighted by Crippen LogP contribution is 2.27. The monoisotopic (exact) mass is 805 g/mol. The van der Waals surface area contributed by atoms with Crippen molar-refractivity contribution in [3.8, 4) is 11.8 Å². The Morgan fingerprint density at radius 1 is 0.736 bits per heavy atom. The van der Waals surface area contributed by atoms with Crippen molar-refractivity contribution in [2.45, 2.75) is 39.5 Å². The molecule has 53 heavy (non-hydrogen) atoms. The maximum absolute atomic E-state index is 12.8.